The third kappa shape index (κ3) is 4.39. The summed E-state index contributed by atoms with van der Waals surface area (Å²) in [5.41, 5.74) is 0.764. The van der Waals surface area contributed by atoms with E-state index < -0.39 is 10.0 Å². The van der Waals surface area contributed by atoms with E-state index in [-0.39, 0.29) is 5.91 Å². The molecule has 1 aliphatic heterocycles. The number of aromatic nitrogens is 1. The van der Waals surface area contributed by atoms with Crippen molar-refractivity contribution in [2.75, 3.05) is 26.2 Å². The normalized spacial score (nSPS) is 16.1. The Kier molecular flexibility index (Phi) is 5.98. The van der Waals surface area contributed by atoms with Crippen molar-refractivity contribution in [3.63, 3.8) is 0 Å². The lowest BCUT2D eigenvalue weighted by atomic mass is 10.1. The van der Waals surface area contributed by atoms with E-state index in [4.69, 9.17) is 0 Å². The van der Waals surface area contributed by atoms with Crippen LogP contribution in [0.4, 0.5) is 0 Å². The van der Waals surface area contributed by atoms with E-state index in [1.165, 1.54) is 15.6 Å². The maximum Gasteiger partial charge on any atom is 0.265 e. The minimum atomic E-state index is -3.51. The fourth-order valence-electron chi connectivity index (χ4n) is 3.10. The topological polar surface area (TPSA) is 70.6 Å². The van der Waals surface area contributed by atoms with E-state index in [0.717, 1.165) is 17.1 Å². The highest BCUT2D eigenvalue weighted by molar-refractivity contribution is 7.89. The number of benzene rings is 1. The number of hydrogen-bond donors (Lipinski definition) is 0. The summed E-state index contributed by atoms with van der Waals surface area (Å²) >= 11 is 1.46. The number of nitrogens with zero attached hydrogens (tertiary/aromatic N) is 3. The Labute approximate surface area is 164 Å². The summed E-state index contributed by atoms with van der Waals surface area (Å²) in [5, 5.41) is 0.983. The smallest absolute Gasteiger partial charge is 0.265 e. The molecule has 0 saturated carbocycles. The maximum atomic E-state index is 12.9. The summed E-state index contributed by atoms with van der Waals surface area (Å²) in [6.07, 6.45) is 0.863. The molecule has 0 radical (unpaired) electrons. The molecule has 2 heterocycles. The van der Waals surface area contributed by atoms with Crippen LogP contribution in [0.3, 0.4) is 0 Å². The van der Waals surface area contributed by atoms with Gasteiger partial charge in [0.05, 0.1) is 15.6 Å². The molecule has 1 aromatic carbocycles. The van der Waals surface area contributed by atoms with E-state index in [0.29, 0.717) is 41.9 Å². The van der Waals surface area contributed by atoms with Gasteiger partial charge in [-0.1, -0.05) is 32.0 Å². The van der Waals surface area contributed by atoms with Crippen LogP contribution in [0, 0.1) is 12.8 Å². The molecule has 0 atom stereocenters. The summed E-state index contributed by atoms with van der Waals surface area (Å²) in [6.45, 7) is 7.52. The second kappa shape index (κ2) is 8.08. The Balaban J connectivity index is 1.67. The first-order valence-corrected chi connectivity index (χ1v) is 11.4. The van der Waals surface area contributed by atoms with Crippen molar-refractivity contribution in [1.82, 2.24) is 14.2 Å². The predicted octanol–water partition coefficient (Wildman–Crippen LogP) is 2.80. The van der Waals surface area contributed by atoms with Crippen LogP contribution in [0.25, 0.3) is 0 Å². The summed E-state index contributed by atoms with van der Waals surface area (Å²) in [7, 11) is -3.51. The molecule has 2 aromatic rings. The van der Waals surface area contributed by atoms with Crippen molar-refractivity contribution in [3.05, 3.63) is 45.9 Å². The van der Waals surface area contributed by atoms with Crippen molar-refractivity contribution >= 4 is 27.3 Å². The largest absolute Gasteiger partial charge is 0.335 e. The number of thiazole rings is 1. The number of aryl methyl sites for hydroxylation is 1. The molecule has 6 nitrogen and oxygen atoms in total. The molecule has 1 fully saturated rings. The van der Waals surface area contributed by atoms with E-state index >= 15 is 0 Å². The molecular weight excluding hydrogens is 382 g/mol. The molecule has 3 rings (SSSR count). The number of rotatable bonds is 5. The minimum absolute atomic E-state index is 0.0447. The van der Waals surface area contributed by atoms with E-state index in [9.17, 15) is 13.2 Å². The quantitative estimate of drug-likeness (QED) is 0.764. The van der Waals surface area contributed by atoms with Gasteiger partial charge < -0.3 is 4.90 Å². The second-order valence-corrected chi connectivity index (χ2v) is 10.2. The zero-order chi connectivity index (χ0) is 19.6. The second-order valence-electron chi connectivity index (χ2n) is 7.13. The van der Waals surface area contributed by atoms with Gasteiger partial charge in [-0.3, -0.25) is 4.79 Å². The first-order valence-electron chi connectivity index (χ1n) is 9.10. The molecule has 0 N–H and O–H groups in total. The number of carbonyl (C=O) groups excluding carboxylic acids is 1. The maximum absolute atomic E-state index is 12.9. The van der Waals surface area contributed by atoms with Gasteiger partial charge >= 0.3 is 0 Å². The lowest BCUT2D eigenvalue weighted by Crippen LogP contribution is -2.50. The molecule has 0 bridgehead atoms. The highest BCUT2D eigenvalue weighted by Gasteiger charge is 2.31. The Hall–Kier alpha value is -1.77. The van der Waals surface area contributed by atoms with Crippen LogP contribution in [-0.2, 0) is 16.4 Å². The van der Waals surface area contributed by atoms with Gasteiger partial charge in [-0.25, -0.2) is 13.4 Å². The summed E-state index contributed by atoms with van der Waals surface area (Å²) in [5.74, 6) is 0.446. The van der Waals surface area contributed by atoms with Crippen LogP contribution in [0.15, 0.2) is 35.2 Å². The molecule has 8 heteroatoms. The monoisotopic (exact) mass is 407 g/mol. The van der Waals surface area contributed by atoms with Gasteiger partial charge in [0.2, 0.25) is 10.0 Å². The van der Waals surface area contributed by atoms with Gasteiger partial charge in [-0.15, -0.1) is 11.3 Å². The van der Waals surface area contributed by atoms with Gasteiger partial charge in [0, 0.05) is 32.6 Å². The van der Waals surface area contributed by atoms with Crippen molar-refractivity contribution in [3.8, 4) is 0 Å². The van der Waals surface area contributed by atoms with Crippen LogP contribution >= 0.6 is 11.3 Å². The third-order valence-electron chi connectivity index (χ3n) is 4.52. The molecule has 27 heavy (non-hydrogen) atoms. The Morgan fingerprint density at radius 2 is 1.78 bits per heavy atom. The molecular formula is C19H25N3O3S2. The molecule has 0 spiro atoms. The van der Waals surface area contributed by atoms with Gasteiger partial charge in [-0.2, -0.15) is 4.31 Å². The lowest BCUT2D eigenvalue weighted by Gasteiger charge is -2.33. The summed E-state index contributed by atoms with van der Waals surface area (Å²) < 4.78 is 26.9. The Bertz CT molecular complexity index is 900. The molecule has 0 unspecified atom stereocenters. The number of amides is 1. The van der Waals surface area contributed by atoms with Gasteiger partial charge in [0.25, 0.3) is 5.91 Å². The number of sulfonamides is 1. The molecule has 0 aliphatic carbocycles. The van der Waals surface area contributed by atoms with Crippen LogP contribution in [0.1, 0.15) is 34.2 Å². The molecule has 1 aromatic heterocycles. The van der Waals surface area contributed by atoms with Gasteiger partial charge in [0.15, 0.2) is 0 Å². The number of carbonyl (C=O) groups is 1. The summed E-state index contributed by atoms with van der Waals surface area (Å²) in [4.78, 5) is 20.1. The van der Waals surface area contributed by atoms with Crippen molar-refractivity contribution in [2.45, 2.75) is 32.1 Å². The lowest BCUT2D eigenvalue weighted by molar-refractivity contribution is 0.0702. The summed E-state index contributed by atoms with van der Waals surface area (Å²) in [6, 6.07) is 8.43. The minimum Gasteiger partial charge on any atom is -0.335 e. The van der Waals surface area contributed by atoms with E-state index in [1.807, 2.05) is 6.92 Å². The zero-order valence-corrected chi connectivity index (χ0v) is 17.5. The third-order valence-corrected chi connectivity index (χ3v) is 7.61. The van der Waals surface area contributed by atoms with Crippen LogP contribution < -0.4 is 0 Å². The van der Waals surface area contributed by atoms with Crippen LogP contribution in [0.2, 0.25) is 0 Å². The van der Waals surface area contributed by atoms with Crippen LogP contribution in [-0.4, -0.2) is 54.7 Å². The first-order chi connectivity index (χ1) is 12.8. The van der Waals surface area contributed by atoms with Crippen molar-refractivity contribution in [2.24, 2.45) is 5.92 Å². The fraction of sp³-hybridized carbons (Fsp3) is 0.474. The molecule has 146 valence electrons. The standard InChI is InChI=1S/C19H25N3O3S2/c1-14(2)13-17-20-15(3)18(26-17)19(23)21-9-11-22(12-10-21)27(24,25)16-7-5-4-6-8-16/h4-8,14H,9-13H2,1-3H3. The predicted molar refractivity (Wildman–Crippen MR) is 106 cm³/mol. The van der Waals surface area contributed by atoms with E-state index in [2.05, 4.69) is 18.8 Å². The Morgan fingerprint density at radius 3 is 2.37 bits per heavy atom. The highest BCUT2D eigenvalue weighted by atomic mass is 32.2. The van der Waals surface area contributed by atoms with Crippen LogP contribution in [0.5, 0.6) is 0 Å². The zero-order valence-electron chi connectivity index (χ0n) is 15.9. The van der Waals surface area contributed by atoms with Crippen molar-refractivity contribution < 1.29 is 13.2 Å². The molecule has 1 aliphatic rings. The first kappa shape index (κ1) is 20.0. The molecule has 1 saturated heterocycles. The number of piperazine rings is 1. The average molecular weight is 408 g/mol. The molecule has 1 amide bonds. The van der Waals surface area contributed by atoms with Gasteiger partial charge in [-0.05, 0) is 25.0 Å². The Morgan fingerprint density at radius 1 is 1.15 bits per heavy atom. The average Bonchev–Trinajstić information content (AvgIpc) is 3.01. The highest BCUT2D eigenvalue weighted by Crippen LogP contribution is 2.24. The SMILES string of the molecule is Cc1nc(CC(C)C)sc1C(=O)N1CCN(S(=O)(=O)c2ccccc2)CC1. The fourth-order valence-corrected chi connectivity index (χ4v) is 5.79. The van der Waals surface area contributed by atoms with Crippen molar-refractivity contribution in [1.29, 1.82) is 0 Å². The van der Waals surface area contributed by atoms with E-state index in [1.54, 1.807) is 35.2 Å². The number of hydrogen-bond acceptors (Lipinski definition) is 5. The van der Waals surface area contributed by atoms with Gasteiger partial charge in [0.1, 0.15) is 4.88 Å².